The van der Waals surface area contributed by atoms with Gasteiger partial charge in [-0.05, 0) is 43.7 Å². The lowest BCUT2D eigenvalue weighted by molar-refractivity contribution is -0.384. The number of thiazole rings is 1. The summed E-state index contributed by atoms with van der Waals surface area (Å²) in [6.07, 6.45) is 1.37. The summed E-state index contributed by atoms with van der Waals surface area (Å²) in [5.74, 6) is -0.802. The van der Waals surface area contributed by atoms with Gasteiger partial charge in [-0.25, -0.2) is 9.79 Å². The van der Waals surface area contributed by atoms with Crippen LogP contribution < -0.4 is 14.9 Å². The Morgan fingerprint density at radius 3 is 2.68 bits per heavy atom. The number of non-ortho nitro benzene ring substituents is 1. The van der Waals surface area contributed by atoms with Gasteiger partial charge in [0.15, 0.2) is 4.80 Å². The van der Waals surface area contributed by atoms with Crippen molar-refractivity contribution in [1.29, 1.82) is 0 Å². The largest absolute Gasteiger partial charge is 0.507 e. The number of halogens is 1. The van der Waals surface area contributed by atoms with Crippen molar-refractivity contribution in [3.8, 4) is 5.75 Å². The number of carbonyl (C=O) groups is 1. The number of nitrogens with zero attached hydrogens (tertiary/aromatic N) is 3. The summed E-state index contributed by atoms with van der Waals surface area (Å²) in [6.45, 7) is 3.50. The highest BCUT2D eigenvalue weighted by Crippen LogP contribution is 2.31. The predicted molar refractivity (Wildman–Crippen MR) is 127 cm³/mol. The molecule has 2 aromatic carbocycles. The molecule has 0 aliphatic carbocycles. The number of carbonyl (C=O) groups excluding carboxylic acids is 1. The average molecular weight is 500 g/mol. The van der Waals surface area contributed by atoms with Gasteiger partial charge in [-0.1, -0.05) is 35.1 Å². The zero-order valence-electron chi connectivity index (χ0n) is 18.0. The maximum absolute atomic E-state index is 13.5. The first-order valence-electron chi connectivity index (χ1n) is 10.1. The molecule has 0 spiro atoms. The second kappa shape index (κ2) is 9.24. The molecule has 0 radical (unpaired) electrons. The minimum atomic E-state index is -0.812. The number of hydrogen-bond donors (Lipinski definition) is 1. The molecule has 1 N–H and O–H groups in total. The quantitative estimate of drug-likeness (QED) is 0.327. The van der Waals surface area contributed by atoms with Crippen molar-refractivity contribution < 1.29 is 19.6 Å². The Kier molecular flexibility index (Phi) is 6.36. The van der Waals surface area contributed by atoms with Crippen molar-refractivity contribution in [2.45, 2.75) is 19.9 Å². The Morgan fingerprint density at radius 2 is 2.03 bits per heavy atom. The molecule has 0 amide bonds. The fourth-order valence-electron chi connectivity index (χ4n) is 3.66. The number of phenols is 1. The number of aromatic nitrogens is 1. The number of rotatable bonds is 5. The monoisotopic (exact) mass is 499 g/mol. The average Bonchev–Trinajstić information content (AvgIpc) is 3.09. The highest BCUT2D eigenvalue weighted by atomic mass is 35.5. The second-order valence-electron chi connectivity index (χ2n) is 7.35. The van der Waals surface area contributed by atoms with Crippen LogP contribution in [0.4, 0.5) is 5.69 Å². The van der Waals surface area contributed by atoms with E-state index in [1.165, 1.54) is 28.8 Å². The Balaban J connectivity index is 1.96. The Labute approximate surface area is 201 Å². The SMILES string of the molecule is CCOC(=O)C1=C(C)N=c2s/c(=C\c3cc([N+](=O)[O-])ccc3O)c(=O)n2[C@H]1c1ccc(Cl)cc1. The van der Waals surface area contributed by atoms with Crippen LogP contribution in [0.1, 0.15) is 31.0 Å². The summed E-state index contributed by atoms with van der Waals surface area (Å²) < 4.78 is 6.81. The Hall–Kier alpha value is -3.76. The zero-order valence-corrected chi connectivity index (χ0v) is 19.6. The lowest BCUT2D eigenvalue weighted by Crippen LogP contribution is -2.39. The lowest BCUT2D eigenvalue weighted by atomic mass is 9.96. The van der Waals surface area contributed by atoms with Crippen molar-refractivity contribution in [3.63, 3.8) is 0 Å². The molecule has 1 atom stereocenters. The number of aromatic hydroxyl groups is 1. The van der Waals surface area contributed by atoms with Gasteiger partial charge in [0.25, 0.3) is 11.2 Å². The standard InChI is InChI=1S/C23H18ClN3O6S/c1-3-33-22(30)19-12(2)25-23-26(20(19)13-4-6-15(24)7-5-13)21(29)18(34-23)11-14-10-16(27(31)32)8-9-17(14)28/h4-11,20,28H,3H2,1-2H3/b18-11-/t20-/m0/s1. The second-order valence-corrected chi connectivity index (χ2v) is 8.80. The topological polar surface area (TPSA) is 124 Å². The lowest BCUT2D eigenvalue weighted by Gasteiger charge is -2.24. The molecule has 1 aliphatic heterocycles. The number of nitro benzene ring substituents is 1. The van der Waals surface area contributed by atoms with Crippen LogP contribution in [0.2, 0.25) is 5.02 Å². The van der Waals surface area contributed by atoms with E-state index in [1.807, 2.05) is 0 Å². The third kappa shape index (κ3) is 4.25. The number of phenolic OH excluding ortho intramolecular Hbond substituents is 1. The summed E-state index contributed by atoms with van der Waals surface area (Å²) in [5.41, 5.74) is 0.683. The molecule has 0 saturated heterocycles. The molecule has 3 aromatic rings. The molecule has 11 heteroatoms. The third-order valence-corrected chi connectivity index (χ3v) is 6.45. The molecule has 9 nitrogen and oxygen atoms in total. The Bertz CT molecular complexity index is 1520. The van der Waals surface area contributed by atoms with Crippen LogP contribution in [0, 0.1) is 10.1 Å². The van der Waals surface area contributed by atoms with E-state index in [9.17, 15) is 24.8 Å². The van der Waals surface area contributed by atoms with Gasteiger partial charge in [0, 0.05) is 22.7 Å². The van der Waals surface area contributed by atoms with Gasteiger partial charge in [0.2, 0.25) is 0 Å². The smallest absolute Gasteiger partial charge is 0.338 e. The van der Waals surface area contributed by atoms with Crippen LogP contribution in [0.15, 0.2) is 63.5 Å². The van der Waals surface area contributed by atoms with Gasteiger partial charge >= 0.3 is 5.97 Å². The molecule has 0 bridgehead atoms. The molecule has 174 valence electrons. The van der Waals surface area contributed by atoms with Gasteiger partial charge in [-0.15, -0.1) is 0 Å². The van der Waals surface area contributed by atoms with Crippen molar-refractivity contribution in [3.05, 3.63) is 99.7 Å². The minimum absolute atomic E-state index is 0.115. The minimum Gasteiger partial charge on any atom is -0.507 e. The molecule has 2 heterocycles. The van der Waals surface area contributed by atoms with Crippen molar-refractivity contribution >= 4 is 40.7 Å². The molecule has 1 aromatic heterocycles. The predicted octanol–water partition coefficient (Wildman–Crippen LogP) is 3.07. The number of allylic oxidation sites excluding steroid dienone is 1. The first kappa shape index (κ1) is 23.4. The zero-order chi connectivity index (χ0) is 24.6. The van der Waals surface area contributed by atoms with E-state index < -0.39 is 22.5 Å². The van der Waals surface area contributed by atoms with Gasteiger partial charge in [-0.2, -0.15) is 0 Å². The van der Waals surface area contributed by atoms with E-state index in [-0.39, 0.29) is 33.7 Å². The van der Waals surface area contributed by atoms with E-state index in [0.29, 0.717) is 21.1 Å². The van der Waals surface area contributed by atoms with Crippen LogP contribution in [-0.2, 0) is 9.53 Å². The van der Waals surface area contributed by atoms with Crippen LogP contribution >= 0.6 is 22.9 Å². The van der Waals surface area contributed by atoms with Gasteiger partial charge in [0.05, 0.1) is 33.4 Å². The van der Waals surface area contributed by atoms with E-state index in [2.05, 4.69) is 4.99 Å². The number of esters is 1. The molecule has 34 heavy (non-hydrogen) atoms. The fraction of sp³-hybridized carbons (Fsp3) is 0.174. The number of nitro groups is 1. The van der Waals surface area contributed by atoms with Crippen LogP contribution in [0.3, 0.4) is 0 Å². The van der Waals surface area contributed by atoms with Crippen molar-refractivity contribution in [2.24, 2.45) is 4.99 Å². The van der Waals surface area contributed by atoms with E-state index >= 15 is 0 Å². The van der Waals surface area contributed by atoms with Crippen LogP contribution in [0.25, 0.3) is 6.08 Å². The first-order valence-corrected chi connectivity index (χ1v) is 11.3. The summed E-state index contributed by atoms with van der Waals surface area (Å²) in [5, 5.41) is 21.8. The number of fused-ring (bicyclic) bond motifs is 1. The molecular formula is C23H18ClN3O6S. The number of ether oxygens (including phenoxy) is 1. The van der Waals surface area contributed by atoms with Crippen molar-refractivity contribution in [1.82, 2.24) is 4.57 Å². The fourth-order valence-corrected chi connectivity index (χ4v) is 4.83. The summed E-state index contributed by atoms with van der Waals surface area (Å²) in [4.78, 5) is 41.7. The highest BCUT2D eigenvalue weighted by Gasteiger charge is 2.33. The highest BCUT2D eigenvalue weighted by molar-refractivity contribution is 7.07. The maximum atomic E-state index is 13.5. The molecule has 1 aliphatic rings. The molecule has 0 fully saturated rings. The van der Waals surface area contributed by atoms with Crippen LogP contribution in [-0.4, -0.2) is 27.2 Å². The van der Waals surface area contributed by atoms with Crippen LogP contribution in [0.5, 0.6) is 5.75 Å². The molecular weight excluding hydrogens is 482 g/mol. The van der Waals surface area contributed by atoms with Gasteiger partial charge in [-0.3, -0.25) is 19.5 Å². The van der Waals surface area contributed by atoms with Gasteiger partial charge < -0.3 is 9.84 Å². The summed E-state index contributed by atoms with van der Waals surface area (Å²) >= 11 is 7.09. The van der Waals surface area contributed by atoms with E-state index in [0.717, 1.165) is 11.3 Å². The number of benzene rings is 2. The third-order valence-electron chi connectivity index (χ3n) is 5.21. The number of hydrogen-bond acceptors (Lipinski definition) is 8. The molecule has 0 saturated carbocycles. The first-order chi connectivity index (χ1) is 16.2. The molecule has 4 rings (SSSR count). The van der Waals surface area contributed by atoms with Crippen molar-refractivity contribution in [2.75, 3.05) is 6.61 Å². The Morgan fingerprint density at radius 1 is 1.32 bits per heavy atom. The maximum Gasteiger partial charge on any atom is 0.338 e. The normalized spacial score (nSPS) is 15.6. The summed E-state index contributed by atoms with van der Waals surface area (Å²) in [6, 6.07) is 9.48. The van der Waals surface area contributed by atoms with E-state index in [4.69, 9.17) is 16.3 Å². The molecule has 0 unspecified atom stereocenters. The van der Waals surface area contributed by atoms with E-state index in [1.54, 1.807) is 38.1 Å². The van der Waals surface area contributed by atoms with Gasteiger partial charge in [0.1, 0.15) is 5.75 Å². The summed E-state index contributed by atoms with van der Waals surface area (Å²) in [7, 11) is 0.